The molecular formula is C72H129NO8. The summed E-state index contributed by atoms with van der Waals surface area (Å²) >= 11 is 0. The van der Waals surface area contributed by atoms with Crippen molar-refractivity contribution in [2.45, 2.75) is 352 Å². The van der Waals surface area contributed by atoms with Crippen molar-refractivity contribution in [3.8, 4) is 0 Å². The molecule has 1 amide bonds. The Kier molecular flexibility index (Phi) is 57.0. The predicted octanol–water partition coefficient (Wildman–Crippen LogP) is 18.5. The van der Waals surface area contributed by atoms with Crippen LogP contribution in [0.3, 0.4) is 0 Å². The van der Waals surface area contributed by atoms with Crippen LogP contribution in [0.25, 0.3) is 0 Å². The molecule has 1 heterocycles. The van der Waals surface area contributed by atoms with Crippen molar-refractivity contribution < 1.29 is 39.8 Å². The monoisotopic (exact) mass is 1140 g/mol. The van der Waals surface area contributed by atoms with Crippen LogP contribution >= 0.6 is 0 Å². The van der Waals surface area contributed by atoms with Gasteiger partial charge in [-0.25, -0.2) is 0 Å². The second kappa shape index (κ2) is 60.5. The van der Waals surface area contributed by atoms with Crippen molar-refractivity contribution in [3.63, 3.8) is 0 Å². The Balaban J connectivity index is 2.08. The molecule has 0 aromatic heterocycles. The Morgan fingerprint density at radius 2 is 0.778 bits per heavy atom. The topological polar surface area (TPSA) is 149 Å². The Hall–Kier alpha value is -2.63. The zero-order valence-electron chi connectivity index (χ0n) is 52.5. The summed E-state index contributed by atoms with van der Waals surface area (Å²) in [4.78, 5) is 13.1. The van der Waals surface area contributed by atoms with E-state index in [1.165, 1.54) is 218 Å². The average Bonchev–Trinajstić information content (AvgIpc) is 3.48. The fourth-order valence-corrected chi connectivity index (χ4v) is 10.6. The third-order valence-corrected chi connectivity index (χ3v) is 16.0. The number of nitrogens with one attached hydrogen (secondary N) is 1. The van der Waals surface area contributed by atoms with Crippen LogP contribution in [-0.2, 0) is 14.3 Å². The fourth-order valence-electron chi connectivity index (χ4n) is 10.6. The van der Waals surface area contributed by atoms with E-state index in [0.29, 0.717) is 6.42 Å². The zero-order valence-corrected chi connectivity index (χ0v) is 52.5. The molecule has 7 unspecified atom stereocenters. The minimum Gasteiger partial charge on any atom is -0.394 e. The normalized spacial score (nSPS) is 18.9. The summed E-state index contributed by atoms with van der Waals surface area (Å²) in [6.07, 6.45) is 79.8. The summed E-state index contributed by atoms with van der Waals surface area (Å²) in [5.41, 5.74) is 0. The van der Waals surface area contributed by atoms with Gasteiger partial charge in [-0.05, 0) is 77.0 Å². The summed E-state index contributed by atoms with van der Waals surface area (Å²) in [5.74, 6) is -0.183. The Morgan fingerprint density at radius 3 is 1.19 bits per heavy atom. The van der Waals surface area contributed by atoms with Crippen LogP contribution in [0.2, 0.25) is 0 Å². The molecule has 6 N–H and O–H groups in total. The first kappa shape index (κ1) is 76.4. The van der Waals surface area contributed by atoms with Gasteiger partial charge < -0.3 is 40.3 Å². The predicted molar refractivity (Wildman–Crippen MR) is 345 cm³/mol. The summed E-state index contributed by atoms with van der Waals surface area (Å²) < 4.78 is 11.3. The van der Waals surface area contributed by atoms with Gasteiger partial charge in [0.2, 0.25) is 5.91 Å². The third kappa shape index (κ3) is 49.4. The third-order valence-electron chi connectivity index (χ3n) is 16.0. The lowest BCUT2D eigenvalue weighted by Gasteiger charge is -2.40. The van der Waals surface area contributed by atoms with Crippen molar-refractivity contribution in [3.05, 3.63) is 85.1 Å². The number of hydrogen-bond acceptors (Lipinski definition) is 8. The van der Waals surface area contributed by atoms with Crippen LogP contribution in [0.4, 0.5) is 0 Å². The molecule has 1 saturated heterocycles. The molecule has 9 nitrogen and oxygen atoms in total. The van der Waals surface area contributed by atoms with Crippen molar-refractivity contribution >= 4 is 5.91 Å². The Labute approximate surface area is 499 Å². The van der Waals surface area contributed by atoms with Crippen molar-refractivity contribution in [2.24, 2.45) is 0 Å². The highest BCUT2D eigenvalue weighted by molar-refractivity contribution is 5.76. The van der Waals surface area contributed by atoms with Crippen LogP contribution in [0, 0.1) is 0 Å². The summed E-state index contributed by atoms with van der Waals surface area (Å²) in [5, 5.41) is 54.6. The van der Waals surface area contributed by atoms with E-state index in [9.17, 15) is 30.3 Å². The minimum atomic E-state index is -1.57. The maximum absolute atomic E-state index is 13.1. The molecule has 0 spiro atoms. The molecule has 1 fully saturated rings. The van der Waals surface area contributed by atoms with Gasteiger partial charge in [0.15, 0.2) is 6.29 Å². The van der Waals surface area contributed by atoms with Gasteiger partial charge in [0.1, 0.15) is 24.4 Å². The second-order valence-electron chi connectivity index (χ2n) is 23.6. The smallest absolute Gasteiger partial charge is 0.220 e. The molecule has 0 aromatic rings. The van der Waals surface area contributed by atoms with Crippen LogP contribution in [0.5, 0.6) is 0 Å². The highest BCUT2D eigenvalue weighted by Gasteiger charge is 2.44. The van der Waals surface area contributed by atoms with Gasteiger partial charge in [-0.1, -0.05) is 311 Å². The van der Waals surface area contributed by atoms with Crippen molar-refractivity contribution in [1.29, 1.82) is 0 Å². The number of aliphatic hydroxyl groups is 5. The van der Waals surface area contributed by atoms with E-state index in [4.69, 9.17) is 9.47 Å². The van der Waals surface area contributed by atoms with E-state index in [1.54, 1.807) is 6.08 Å². The maximum Gasteiger partial charge on any atom is 0.220 e. The van der Waals surface area contributed by atoms with Crippen LogP contribution < -0.4 is 5.32 Å². The number of carbonyl (C=O) groups excluding carboxylic acids is 1. The first-order chi connectivity index (χ1) is 39.8. The van der Waals surface area contributed by atoms with Gasteiger partial charge in [-0.3, -0.25) is 4.79 Å². The largest absolute Gasteiger partial charge is 0.394 e. The van der Waals surface area contributed by atoms with E-state index >= 15 is 0 Å². The second-order valence-corrected chi connectivity index (χ2v) is 23.6. The Bertz CT molecular complexity index is 1550. The number of hydrogen-bond donors (Lipinski definition) is 6. The average molecular weight is 1140 g/mol. The number of ether oxygens (including phenoxy) is 2. The molecule has 0 radical (unpaired) electrons. The molecule has 0 bridgehead atoms. The van der Waals surface area contributed by atoms with Crippen LogP contribution in [-0.4, -0.2) is 87.5 Å². The van der Waals surface area contributed by atoms with E-state index in [-0.39, 0.29) is 12.5 Å². The molecule has 470 valence electrons. The highest BCUT2D eigenvalue weighted by Crippen LogP contribution is 2.23. The highest BCUT2D eigenvalue weighted by atomic mass is 16.7. The van der Waals surface area contributed by atoms with Crippen molar-refractivity contribution in [2.75, 3.05) is 13.2 Å². The van der Waals surface area contributed by atoms with E-state index in [0.717, 1.165) is 70.6 Å². The standard InChI is InChI=1S/C72H129NO8/c1-3-5-7-9-11-13-15-17-19-21-23-24-25-26-27-28-29-30-31-32-33-34-35-36-37-38-39-40-41-42-44-46-48-50-52-54-56-58-60-62-68(76)73-65(64-80-72-71(79)70(78)69(77)67(63-74)81-72)66(75)61-59-57-55-53-51-49-47-45-43-22-20-18-16-14-12-10-8-6-4-2/h5,7,11,13,17,19,23-24,26-27,51,53,59,61,65-67,69-72,74-75,77-79H,3-4,6,8-10,12,14-16,18,20-22,25,28-50,52,54-58,60,62-64H2,1-2H3,(H,73,76)/b7-5-,13-11-,19-17-,24-23-,27-26-,53-51+,61-59+. The lowest BCUT2D eigenvalue weighted by Crippen LogP contribution is -2.60. The van der Waals surface area contributed by atoms with Gasteiger partial charge in [0.25, 0.3) is 0 Å². The first-order valence-electron chi connectivity index (χ1n) is 34.3. The first-order valence-corrected chi connectivity index (χ1v) is 34.3. The lowest BCUT2D eigenvalue weighted by molar-refractivity contribution is -0.302. The summed E-state index contributed by atoms with van der Waals surface area (Å²) in [6.45, 7) is 3.68. The minimum absolute atomic E-state index is 0.183. The van der Waals surface area contributed by atoms with E-state index < -0.39 is 49.5 Å². The molecule has 81 heavy (non-hydrogen) atoms. The number of carbonyl (C=O) groups is 1. The summed E-state index contributed by atoms with van der Waals surface area (Å²) in [6, 6.07) is -0.824. The van der Waals surface area contributed by atoms with Crippen LogP contribution in [0.15, 0.2) is 85.1 Å². The molecule has 1 aliphatic heterocycles. The Morgan fingerprint density at radius 1 is 0.432 bits per heavy atom. The number of amides is 1. The molecule has 0 aromatic carbocycles. The number of allylic oxidation sites excluding steroid dienone is 13. The molecule has 0 saturated carbocycles. The number of rotatable bonds is 59. The van der Waals surface area contributed by atoms with Crippen molar-refractivity contribution in [1.82, 2.24) is 5.32 Å². The van der Waals surface area contributed by atoms with Crippen LogP contribution in [0.1, 0.15) is 309 Å². The molecule has 1 aliphatic rings. The number of aliphatic hydroxyl groups excluding tert-OH is 5. The zero-order chi connectivity index (χ0) is 58.6. The maximum atomic E-state index is 13.1. The quantitative estimate of drug-likeness (QED) is 0.0261. The SMILES string of the molecule is CC/C=C\C/C=C\C/C=C\C/C=C\C/C=C\CCCCCCCCCCCCCCCCCCCCCCCCCC(=O)NC(COC1OC(CO)C(O)C(O)C1O)C(O)/C=C/CC/C=C/CCCCCCCCCCCCCCC. The van der Waals surface area contributed by atoms with Gasteiger partial charge >= 0.3 is 0 Å². The van der Waals surface area contributed by atoms with E-state index in [1.807, 2.05) is 6.08 Å². The molecule has 7 atom stereocenters. The molecular weight excluding hydrogens is 1010 g/mol. The van der Waals surface area contributed by atoms with Gasteiger partial charge in [-0.2, -0.15) is 0 Å². The van der Waals surface area contributed by atoms with E-state index in [2.05, 4.69) is 92.1 Å². The van der Waals surface area contributed by atoms with Gasteiger partial charge in [0, 0.05) is 6.42 Å². The van der Waals surface area contributed by atoms with Gasteiger partial charge in [-0.15, -0.1) is 0 Å². The van der Waals surface area contributed by atoms with Gasteiger partial charge in [0.05, 0.1) is 25.4 Å². The lowest BCUT2D eigenvalue weighted by atomic mass is 9.99. The summed E-state index contributed by atoms with van der Waals surface area (Å²) in [7, 11) is 0. The molecule has 9 heteroatoms. The molecule has 0 aliphatic carbocycles. The number of unbranched alkanes of at least 4 members (excludes halogenated alkanes) is 37. The molecule has 1 rings (SSSR count). The fraction of sp³-hybridized carbons (Fsp3) is 0.792.